The summed E-state index contributed by atoms with van der Waals surface area (Å²) in [6.07, 6.45) is 7.02. The molecule has 186 valence electrons. The largest absolute Gasteiger partial charge is 0.380 e. The van der Waals surface area contributed by atoms with E-state index in [2.05, 4.69) is 74.2 Å². The van der Waals surface area contributed by atoms with Gasteiger partial charge in [0, 0.05) is 0 Å². The van der Waals surface area contributed by atoms with E-state index in [0.717, 1.165) is 37.1 Å². The van der Waals surface area contributed by atoms with Crippen LogP contribution in [0.5, 0.6) is 0 Å². The first-order chi connectivity index (χ1) is 16.9. The minimum atomic E-state index is -0.920. The third-order valence-electron chi connectivity index (χ3n) is 7.84. The Labute approximate surface area is 213 Å². The van der Waals surface area contributed by atoms with Crippen LogP contribution in [0.25, 0.3) is 0 Å². The van der Waals surface area contributed by atoms with Crippen molar-refractivity contribution in [3.63, 3.8) is 0 Å². The van der Waals surface area contributed by atoms with Crippen molar-refractivity contribution in [3.8, 4) is 0 Å². The van der Waals surface area contributed by atoms with Crippen LogP contribution in [-0.4, -0.2) is 29.6 Å². The van der Waals surface area contributed by atoms with E-state index >= 15 is 0 Å². The van der Waals surface area contributed by atoms with Gasteiger partial charge in [0.1, 0.15) is 5.60 Å². The molecule has 35 heavy (non-hydrogen) atoms. The summed E-state index contributed by atoms with van der Waals surface area (Å²) in [7, 11) is 0. The van der Waals surface area contributed by atoms with E-state index in [1.807, 2.05) is 36.4 Å². The Morgan fingerprint density at radius 1 is 0.714 bits per heavy atom. The molecule has 4 rings (SSSR count). The van der Waals surface area contributed by atoms with Gasteiger partial charge in [0.25, 0.3) is 0 Å². The highest BCUT2D eigenvalue weighted by Crippen LogP contribution is 2.41. The van der Waals surface area contributed by atoms with E-state index in [4.69, 9.17) is 0 Å². The van der Waals surface area contributed by atoms with Crippen LogP contribution in [0.3, 0.4) is 0 Å². The van der Waals surface area contributed by atoms with Crippen LogP contribution in [0.15, 0.2) is 84.9 Å². The van der Waals surface area contributed by atoms with Crippen molar-refractivity contribution < 1.29 is 5.11 Å². The molecule has 3 aromatic carbocycles. The summed E-state index contributed by atoms with van der Waals surface area (Å²) >= 11 is 0. The van der Waals surface area contributed by atoms with Crippen LogP contribution in [0.2, 0.25) is 0 Å². The smallest absolute Gasteiger partial charge is 0.117 e. The molecule has 1 fully saturated rings. The SMILES string of the molecule is CC(C)(C)c1cccc(CCCCCN2CCC(C(O)(c3ccccc3)c3ccccc3)CC2)c1. The molecule has 0 radical (unpaired) electrons. The quantitative estimate of drug-likeness (QED) is 0.331. The van der Waals surface area contributed by atoms with Crippen molar-refractivity contribution in [1.82, 2.24) is 4.90 Å². The molecular formula is C33H43NO. The average molecular weight is 470 g/mol. The maximum Gasteiger partial charge on any atom is 0.117 e. The first kappa shape index (κ1) is 25.7. The van der Waals surface area contributed by atoms with Gasteiger partial charge in [-0.05, 0) is 85.3 Å². The topological polar surface area (TPSA) is 23.5 Å². The van der Waals surface area contributed by atoms with Crippen molar-refractivity contribution in [3.05, 3.63) is 107 Å². The van der Waals surface area contributed by atoms with E-state index in [1.165, 1.54) is 43.4 Å². The molecule has 0 aliphatic carbocycles. The molecule has 1 N–H and O–H groups in total. The summed E-state index contributed by atoms with van der Waals surface area (Å²) in [6.45, 7) is 10.2. The third kappa shape index (κ3) is 6.42. The lowest BCUT2D eigenvalue weighted by atomic mass is 9.72. The standard InChI is InChI=1S/C33H43NO/c1-32(2,3)31-20-13-15-27(26-31)14-7-6-12-23-34-24-21-30(22-25-34)33(35,28-16-8-4-9-17-28)29-18-10-5-11-19-29/h4-5,8-11,13,15-20,26,30,35H,6-7,12,14,21-25H2,1-3H3. The van der Waals surface area contributed by atoms with Crippen LogP contribution in [-0.2, 0) is 17.4 Å². The molecule has 0 aromatic heterocycles. The summed E-state index contributed by atoms with van der Waals surface area (Å²) in [5.41, 5.74) is 4.23. The van der Waals surface area contributed by atoms with Crippen molar-refractivity contribution in [2.24, 2.45) is 5.92 Å². The second-order valence-electron chi connectivity index (χ2n) is 11.4. The van der Waals surface area contributed by atoms with Gasteiger partial charge in [0.2, 0.25) is 0 Å². The fraction of sp³-hybridized carbons (Fsp3) is 0.455. The monoisotopic (exact) mass is 469 g/mol. The minimum Gasteiger partial charge on any atom is -0.380 e. The predicted molar refractivity (Wildman–Crippen MR) is 148 cm³/mol. The zero-order valence-corrected chi connectivity index (χ0v) is 21.9. The Balaban J connectivity index is 1.26. The van der Waals surface area contributed by atoms with Gasteiger partial charge in [0.15, 0.2) is 0 Å². The number of hydrogen-bond acceptors (Lipinski definition) is 2. The lowest BCUT2D eigenvalue weighted by Gasteiger charge is -2.42. The first-order valence-corrected chi connectivity index (χ1v) is 13.5. The summed E-state index contributed by atoms with van der Waals surface area (Å²) in [6, 6.07) is 29.7. The van der Waals surface area contributed by atoms with Crippen LogP contribution in [0.1, 0.15) is 75.1 Å². The normalized spacial score (nSPS) is 15.9. The summed E-state index contributed by atoms with van der Waals surface area (Å²) in [5.74, 6) is 0.235. The van der Waals surface area contributed by atoms with Gasteiger partial charge in [-0.3, -0.25) is 0 Å². The van der Waals surface area contributed by atoms with E-state index in [-0.39, 0.29) is 11.3 Å². The number of nitrogens with zero attached hydrogens (tertiary/aromatic N) is 1. The van der Waals surface area contributed by atoms with Gasteiger partial charge < -0.3 is 10.0 Å². The van der Waals surface area contributed by atoms with Crippen LogP contribution < -0.4 is 0 Å². The Morgan fingerprint density at radius 3 is 1.86 bits per heavy atom. The Morgan fingerprint density at radius 2 is 1.29 bits per heavy atom. The lowest BCUT2D eigenvalue weighted by Crippen LogP contribution is -2.44. The fourth-order valence-corrected chi connectivity index (χ4v) is 5.63. The van der Waals surface area contributed by atoms with Gasteiger partial charge in [-0.15, -0.1) is 0 Å². The van der Waals surface area contributed by atoms with E-state index < -0.39 is 5.60 Å². The number of aryl methyl sites for hydroxylation is 1. The van der Waals surface area contributed by atoms with Gasteiger partial charge in [-0.1, -0.05) is 112 Å². The van der Waals surface area contributed by atoms with Gasteiger partial charge in [-0.2, -0.15) is 0 Å². The van der Waals surface area contributed by atoms with E-state index in [9.17, 15) is 5.11 Å². The van der Waals surface area contributed by atoms with Gasteiger partial charge >= 0.3 is 0 Å². The number of unbranched alkanes of at least 4 members (excludes halogenated alkanes) is 2. The Hall–Kier alpha value is -2.42. The highest BCUT2D eigenvalue weighted by molar-refractivity contribution is 5.37. The number of likely N-dealkylation sites (tertiary alicyclic amines) is 1. The average Bonchev–Trinajstić information content (AvgIpc) is 2.89. The number of piperidine rings is 1. The lowest BCUT2D eigenvalue weighted by molar-refractivity contribution is -0.0143. The van der Waals surface area contributed by atoms with Gasteiger partial charge in [0.05, 0.1) is 0 Å². The zero-order valence-electron chi connectivity index (χ0n) is 21.9. The minimum absolute atomic E-state index is 0.218. The Bertz CT molecular complexity index is 990. The molecule has 2 nitrogen and oxygen atoms in total. The van der Waals surface area contributed by atoms with Crippen LogP contribution >= 0.6 is 0 Å². The zero-order chi connectivity index (χ0) is 24.7. The highest BCUT2D eigenvalue weighted by Gasteiger charge is 2.41. The first-order valence-electron chi connectivity index (χ1n) is 13.5. The molecule has 0 saturated carbocycles. The molecule has 2 heteroatoms. The van der Waals surface area contributed by atoms with Crippen molar-refractivity contribution >= 4 is 0 Å². The maximum atomic E-state index is 12.1. The number of aliphatic hydroxyl groups is 1. The second-order valence-corrected chi connectivity index (χ2v) is 11.4. The maximum absolute atomic E-state index is 12.1. The molecule has 1 saturated heterocycles. The fourth-order valence-electron chi connectivity index (χ4n) is 5.63. The highest BCUT2D eigenvalue weighted by atomic mass is 16.3. The molecule has 1 heterocycles. The number of benzene rings is 3. The van der Waals surface area contributed by atoms with E-state index in [1.54, 1.807) is 0 Å². The molecule has 0 bridgehead atoms. The molecule has 3 aromatic rings. The summed E-state index contributed by atoms with van der Waals surface area (Å²) < 4.78 is 0. The van der Waals surface area contributed by atoms with Gasteiger partial charge in [-0.25, -0.2) is 0 Å². The second kappa shape index (κ2) is 11.5. The van der Waals surface area contributed by atoms with Crippen molar-refractivity contribution in [1.29, 1.82) is 0 Å². The van der Waals surface area contributed by atoms with Crippen LogP contribution in [0, 0.1) is 5.92 Å². The number of rotatable bonds is 9. The molecule has 1 aliphatic rings. The Kier molecular flexibility index (Phi) is 8.46. The molecule has 0 spiro atoms. The van der Waals surface area contributed by atoms with Crippen molar-refractivity contribution in [2.75, 3.05) is 19.6 Å². The predicted octanol–water partition coefficient (Wildman–Crippen LogP) is 7.35. The van der Waals surface area contributed by atoms with Crippen LogP contribution in [0.4, 0.5) is 0 Å². The molecule has 1 aliphatic heterocycles. The molecule has 0 amide bonds. The summed E-state index contributed by atoms with van der Waals surface area (Å²) in [4.78, 5) is 2.60. The van der Waals surface area contributed by atoms with Crippen molar-refractivity contribution in [2.45, 2.75) is 70.3 Å². The molecular weight excluding hydrogens is 426 g/mol. The molecule has 0 atom stereocenters. The summed E-state index contributed by atoms with van der Waals surface area (Å²) in [5, 5.41) is 12.1. The molecule has 0 unspecified atom stereocenters. The third-order valence-corrected chi connectivity index (χ3v) is 7.84. The van der Waals surface area contributed by atoms with E-state index in [0.29, 0.717) is 0 Å². The number of hydrogen-bond donors (Lipinski definition) is 1.